The van der Waals surface area contributed by atoms with Crippen LogP contribution in [0.4, 0.5) is 4.39 Å². The Balaban J connectivity index is 2.76. The number of esters is 1. The fourth-order valence-corrected chi connectivity index (χ4v) is 1.46. The largest absolute Gasteiger partial charge is 0.496 e. The van der Waals surface area contributed by atoms with Gasteiger partial charge in [-0.3, -0.25) is 4.79 Å². The van der Waals surface area contributed by atoms with Gasteiger partial charge in [0.25, 0.3) is 0 Å². The SMILES string of the molecule is COC(=O)CN[C@@H](C)c1cc(F)ccc1OC. The first-order chi connectivity index (χ1) is 8.08. The Morgan fingerprint density at radius 3 is 2.76 bits per heavy atom. The fourth-order valence-electron chi connectivity index (χ4n) is 1.46. The summed E-state index contributed by atoms with van der Waals surface area (Å²) >= 11 is 0. The van der Waals surface area contributed by atoms with Gasteiger partial charge in [-0.25, -0.2) is 4.39 Å². The molecule has 0 saturated heterocycles. The van der Waals surface area contributed by atoms with Crippen molar-refractivity contribution in [3.05, 3.63) is 29.6 Å². The van der Waals surface area contributed by atoms with Crippen LogP contribution < -0.4 is 10.1 Å². The van der Waals surface area contributed by atoms with E-state index in [1.807, 2.05) is 6.92 Å². The lowest BCUT2D eigenvalue weighted by atomic mass is 10.1. The third-order valence-electron chi connectivity index (χ3n) is 2.44. The molecule has 1 atom stereocenters. The van der Waals surface area contributed by atoms with Crippen molar-refractivity contribution in [2.24, 2.45) is 0 Å². The summed E-state index contributed by atoms with van der Waals surface area (Å²) < 4.78 is 22.8. The second-order valence-corrected chi connectivity index (χ2v) is 3.56. The molecule has 0 radical (unpaired) electrons. The van der Waals surface area contributed by atoms with Gasteiger partial charge in [0.2, 0.25) is 0 Å². The van der Waals surface area contributed by atoms with Crippen LogP contribution in [0.5, 0.6) is 5.75 Å². The van der Waals surface area contributed by atoms with Gasteiger partial charge in [0.1, 0.15) is 11.6 Å². The molecule has 1 N–H and O–H groups in total. The van der Waals surface area contributed by atoms with E-state index in [4.69, 9.17) is 4.74 Å². The van der Waals surface area contributed by atoms with Gasteiger partial charge in [0.15, 0.2) is 0 Å². The molecule has 4 nitrogen and oxygen atoms in total. The summed E-state index contributed by atoms with van der Waals surface area (Å²) in [5.74, 6) is -0.129. The summed E-state index contributed by atoms with van der Waals surface area (Å²) in [4.78, 5) is 11.0. The van der Waals surface area contributed by atoms with E-state index in [1.165, 1.54) is 26.4 Å². The molecule has 0 unspecified atom stereocenters. The molecule has 0 heterocycles. The van der Waals surface area contributed by atoms with E-state index in [0.29, 0.717) is 11.3 Å². The molecule has 1 rings (SSSR count). The summed E-state index contributed by atoms with van der Waals surface area (Å²) in [6.45, 7) is 1.89. The van der Waals surface area contributed by atoms with E-state index in [2.05, 4.69) is 10.1 Å². The average Bonchev–Trinajstić information content (AvgIpc) is 2.35. The number of hydrogen-bond donors (Lipinski definition) is 1. The number of hydrogen-bond acceptors (Lipinski definition) is 4. The number of rotatable bonds is 5. The normalized spacial score (nSPS) is 12.0. The lowest BCUT2D eigenvalue weighted by molar-refractivity contribution is -0.139. The third kappa shape index (κ3) is 3.71. The Kier molecular flexibility index (Phi) is 4.90. The number of methoxy groups -OCH3 is 2. The second kappa shape index (κ2) is 6.20. The summed E-state index contributed by atoms with van der Waals surface area (Å²) in [6.07, 6.45) is 0. The number of benzene rings is 1. The van der Waals surface area contributed by atoms with E-state index < -0.39 is 0 Å². The first-order valence-corrected chi connectivity index (χ1v) is 5.22. The highest BCUT2D eigenvalue weighted by molar-refractivity contribution is 5.71. The maximum atomic E-state index is 13.1. The van der Waals surface area contributed by atoms with E-state index >= 15 is 0 Å². The van der Waals surface area contributed by atoms with Crippen molar-refractivity contribution in [2.75, 3.05) is 20.8 Å². The van der Waals surface area contributed by atoms with Gasteiger partial charge in [-0.05, 0) is 25.1 Å². The summed E-state index contributed by atoms with van der Waals surface area (Å²) in [7, 11) is 2.83. The zero-order chi connectivity index (χ0) is 12.8. The molecule has 94 valence electrons. The number of halogens is 1. The van der Waals surface area contributed by atoms with Crippen molar-refractivity contribution < 1.29 is 18.7 Å². The van der Waals surface area contributed by atoms with Crippen LogP contribution >= 0.6 is 0 Å². The lowest BCUT2D eigenvalue weighted by Gasteiger charge is -2.16. The van der Waals surface area contributed by atoms with Crippen LogP contribution in [0.15, 0.2) is 18.2 Å². The molecular formula is C12H16FNO3. The Labute approximate surface area is 99.7 Å². The Morgan fingerprint density at radius 1 is 1.47 bits per heavy atom. The maximum Gasteiger partial charge on any atom is 0.319 e. The maximum absolute atomic E-state index is 13.1. The van der Waals surface area contributed by atoms with Crippen LogP contribution in [0, 0.1) is 5.82 Å². The van der Waals surface area contributed by atoms with Crippen LogP contribution in [-0.4, -0.2) is 26.7 Å². The summed E-state index contributed by atoms with van der Waals surface area (Å²) in [6, 6.07) is 4.06. The van der Waals surface area contributed by atoms with Crippen LogP contribution in [0.25, 0.3) is 0 Å². The highest BCUT2D eigenvalue weighted by Crippen LogP contribution is 2.25. The van der Waals surface area contributed by atoms with Gasteiger partial charge in [-0.15, -0.1) is 0 Å². The summed E-state index contributed by atoms with van der Waals surface area (Å²) in [5, 5.41) is 2.93. The van der Waals surface area contributed by atoms with E-state index in [9.17, 15) is 9.18 Å². The average molecular weight is 241 g/mol. The van der Waals surface area contributed by atoms with E-state index in [-0.39, 0.29) is 24.4 Å². The molecule has 0 spiro atoms. The lowest BCUT2D eigenvalue weighted by Crippen LogP contribution is -2.27. The monoisotopic (exact) mass is 241 g/mol. The van der Waals surface area contributed by atoms with Crippen molar-refractivity contribution in [2.45, 2.75) is 13.0 Å². The fraction of sp³-hybridized carbons (Fsp3) is 0.417. The minimum Gasteiger partial charge on any atom is -0.496 e. The number of nitrogens with one attached hydrogen (secondary N) is 1. The zero-order valence-corrected chi connectivity index (χ0v) is 10.1. The predicted molar refractivity (Wildman–Crippen MR) is 61.4 cm³/mol. The van der Waals surface area contributed by atoms with Crippen molar-refractivity contribution in [1.82, 2.24) is 5.32 Å². The van der Waals surface area contributed by atoms with Crippen LogP contribution in [0.1, 0.15) is 18.5 Å². The predicted octanol–water partition coefficient (Wildman–Crippen LogP) is 1.66. The molecule has 0 saturated carbocycles. The zero-order valence-electron chi connectivity index (χ0n) is 10.1. The van der Waals surface area contributed by atoms with Crippen molar-refractivity contribution in [3.8, 4) is 5.75 Å². The van der Waals surface area contributed by atoms with Crippen molar-refractivity contribution in [1.29, 1.82) is 0 Å². The third-order valence-corrected chi connectivity index (χ3v) is 2.44. The molecule has 5 heteroatoms. The van der Waals surface area contributed by atoms with Crippen LogP contribution in [0.2, 0.25) is 0 Å². The number of ether oxygens (including phenoxy) is 2. The van der Waals surface area contributed by atoms with Crippen molar-refractivity contribution in [3.63, 3.8) is 0 Å². The molecular weight excluding hydrogens is 225 g/mol. The molecule has 1 aromatic carbocycles. The summed E-state index contributed by atoms with van der Waals surface area (Å²) in [5.41, 5.74) is 0.663. The van der Waals surface area contributed by atoms with E-state index in [1.54, 1.807) is 6.07 Å². The standard InChI is InChI=1S/C12H16FNO3/c1-8(14-7-12(15)17-3)10-6-9(13)4-5-11(10)16-2/h4-6,8,14H,7H2,1-3H3/t8-/m0/s1. The molecule has 0 amide bonds. The minimum absolute atomic E-state index is 0.0668. The van der Waals surface area contributed by atoms with Crippen LogP contribution in [-0.2, 0) is 9.53 Å². The minimum atomic E-state index is -0.368. The van der Waals surface area contributed by atoms with Gasteiger partial charge < -0.3 is 14.8 Å². The molecule has 0 aliphatic carbocycles. The molecule has 0 aliphatic rings. The van der Waals surface area contributed by atoms with Gasteiger partial charge >= 0.3 is 5.97 Å². The molecule has 0 fully saturated rings. The quantitative estimate of drug-likeness (QED) is 0.796. The van der Waals surface area contributed by atoms with Gasteiger partial charge in [0.05, 0.1) is 20.8 Å². The number of carbonyl (C=O) groups excluding carboxylic acids is 1. The molecule has 1 aromatic rings. The molecule has 17 heavy (non-hydrogen) atoms. The first-order valence-electron chi connectivity index (χ1n) is 5.22. The Bertz CT molecular complexity index is 395. The molecule has 0 aromatic heterocycles. The highest BCUT2D eigenvalue weighted by atomic mass is 19.1. The Hall–Kier alpha value is -1.62. The van der Waals surface area contributed by atoms with Crippen molar-refractivity contribution >= 4 is 5.97 Å². The number of carbonyl (C=O) groups is 1. The smallest absolute Gasteiger partial charge is 0.319 e. The Morgan fingerprint density at radius 2 is 2.18 bits per heavy atom. The highest BCUT2D eigenvalue weighted by Gasteiger charge is 2.13. The second-order valence-electron chi connectivity index (χ2n) is 3.56. The first kappa shape index (κ1) is 13.4. The van der Waals surface area contributed by atoms with Gasteiger partial charge in [-0.2, -0.15) is 0 Å². The molecule has 0 aliphatic heterocycles. The van der Waals surface area contributed by atoms with Gasteiger partial charge in [-0.1, -0.05) is 0 Å². The van der Waals surface area contributed by atoms with Crippen LogP contribution in [0.3, 0.4) is 0 Å². The van der Waals surface area contributed by atoms with Gasteiger partial charge in [0, 0.05) is 11.6 Å². The molecule has 0 bridgehead atoms. The topological polar surface area (TPSA) is 47.6 Å². The van der Waals surface area contributed by atoms with E-state index in [0.717, 1.165) is 0 Å².